The van der Waals surface area contributed by atoms with Crippen molar-refractivity contribution < 1.29 is 18.9 Å². The van der Waals surface area contributed by atoms with E-state index in [1.165, 1.54) is 4.90 Å². The second kappa shape index (κ2) is 8.99. The van der Waals surface area contributed by atoms with Gasteiger partial charge in [0.25, 0.3) is 5.91 Å². The highest BCUT2D eigenvalue weighted by atomic mass is 32.1. The molecule has 0 saturated heterocycles. The molecular weight excluding hydrogens is 376 g/mol. The van der Waals surface area contributed by atoms with Gasteiger partial charge in [0.1, 0.15) is 11.8 Å². The number of hydrogen-bond acceptors (Lipinski definition) is 5. The van der Waals surface area contributed by atoms with E-state index in [0.717, 1.165) is 20.1 Å². The van der Waals surface area contributed by atoms with Crippen molar-refractivity contribution in [3.63, 3.8) is 0 Å². The van der Waals surface area contributed by atoms with E-state index in [0.29, 0.717) is 18.8 Å². The van der Waals surface area contributed by atoms with Gasteiger partial charge in [-0.15, -0.1) is 11.3 Å². The number of likely N-dealkylation sites (N-methyl/N-ethyl adjacent to an activating group) is 2. The summed E-state index contributed by atoms with van der Waals surface area (Å²) >= 11 is 1.66. The van der Waals surface area contributed by atoms with Gasteiger partial charge in [0.2, 0.25) is 5.91 Å². The Labute approximate surface area is 168 Å². The zero-order chi connectivity index (χ0) is 20.1. The first-order chi connectivity index (χ1) is 13.4. The number of aromatic nitrogens is 1. The van der Waals surface area contributed by atoms with Crippen LogP contribution >= 0.6 is 11.3 Å². The van der Waals surface area contributed by atoms with Gasteiger partial charge >= 0.3 is 0 Å². The van der Waals surface area contributed by atoms with Crippen LogP contribution in [-0.2, 0) is 16.1 Å². The van der Waals surface area contributed by atoms with Crippen molar-refractivity contribution in [1.29, 1.82) is 0 Å². The number of carbonyl (C=O) groups is 2. The highest BCUT2D eigenvalue weighted by Gasteiger charge is 2.24. The monoisotopic (exact) mass is 401 g/mol. The van der Waals surface area contributed by atoms with Crippen LogP contribution in [0.4, 0.5) is 0 Å². The molecule has 1 unspecified atom stereocenters. The lowest BCUT2D eigenvalue weighted by Crippen LogP contribution is -3.10. The zero-order valence-electron chi connectivity index (χ0n) is 16.3. The maximum atomic E-state index is 12.5. The number of hydrogen-bond donors (Lipinski definition) is 2. The minimum absolute atomic E-state index is 0.0162. The third-order valence-corrected chi connectivity index (χ3v) is 5.92. The summed E-state index contributed by atoms with van der Waals surface area (Å²) in [6.45, 7) is 2.69. The number of para-hydroxylation sites is 1. The van der Waals surface area contributed by atoms with Gasteiger partial charge in [0.15, 0.2) is 11.6 Å². The summed E-state index contributed by atoms with van der Waals surface area (Å²) in [5.74, 6) is 0.374. The summed E-state index contributed by atoms with van der Waals surface area (Å²) in [7, 11) is 3.61. The quantitative estimate of drug-likeness (QED) is 0.595. The Morgan fingerprint density at radius 1 is 1.29 bits per heavy atom. The smallest absolute Gasteiger partial charge is 0.277 e. The summed E-state index contributed by atoms with van der Waals surface area (Å²) in [6.07, 6.45) is 1.56. The first-order valence-corrected chi connectivity index (χ1v) is 9.96. The Morgan fingerprint density at radius 3 is 2.79 bits per heavy atom. The number of thiazole rings is 1. The molecule has 0 bridgehead atoms. The lowest BCUT2D eigenvalue weighted by Gasteiger charge is -2.22. The van der Waals surface area contributed by atoms with Gasteiger partial charge in [-0.3, -0.25) is 9.59 Å². The average molecular weight is 402 g/mol. The number of rotatable bonds is 8. The standard InChI is InChI=1S/C20H24N4O3S/c1-14(20-22-16-8-4-5-9-17(16)28-20)23(2)13-19(26)24(3)12-18(25)21-11-15-7-6-10-27-15/h4-10,14H,11-13H2,1-3H3,(H,21,25)/p+1/t14-/m0/s1. The molecule has 2 amide bonds. The molecule has 0 aliphatic heterocycles. The summed E-state index contributed by atoms with van der Waals surface area (Å²) in [5, 5.41) is 3.75. The van der Waals surface area contributed by atoms with Crippen molar-refractivity contribution >= 4 is 33.4 Å². The third-order valence-electron chi connectivity index (χ3n) is 4.70. The SMILES string of the molecule is C[C@@H](c1nc2ccccc2s1)[NH+](C)CC(=O)N(C)CC(=O)NCc1ccco1. The molecule has 0 fully saturated rings. The molecule has 2 N–H and O–H groups in total. The maximum Gasteiger partial charge on any atom is 0.277 e. The van der Waals surface area contributed by atoms with E-state index >= 15 is 0 Å². The lowest BCUT2D eigenvalue weighted by molar-refractivity contribution is -0.902. The molecule has 0 saturated carbocycles. The van der Waals surface area contributed by atoms with Crippen LogP contribution in [0, 0.1) is 0 Å². The fourth-order valence-electron chi connectivity index (χ4n) is 2.77. The number of amides is 2. The molecule has 0 aliphatic carbocycles. The van der Waals surface area contributed by atoms with E-state index in [-0.39, 0.29) is 24.4 Å². The van der Waals surface area contributed by atoms with E-state index in [2.05, 4.69) is 23.3 Å². The minimum Gasteiger partial charge on any atom is -0.467 e. The summed E-state index contributed by atoms with van der Waals surface area (Å²) < 4.78 is 6.32. The van der Waals surface area contributed by atoms with Crippen molar-refractivity contribution in [2.24, 2.45) is 0 Å². The van der Waals surface area contributed by atoms with Crippen LogP contribution in [0.25, 0.3) is 10.2 Å². The second-order valence-electron chi connectivity index (χ2n) is 6.87. The van der Waals surface area contributed by atoms with Gasteiger partial charge in [0, 0.05) is 7.05 Å². The molecule has 3 rings (SSSR count). The highest BCUT2D eigenvalue weighted by Crippen LogP contribution is 2.24. The zero-order valence-corrected chi connectivity index (χ0v) is 17.1. The van der Waals surface area contributed by atoms with E-state index in [1.807, 2.05) is 25.2 Å². The van der Waals surface area contributed by atoms with Crippen molar-refractivity contribution in [2.45, 2.75) is 19.5 Å². The number of fused-ring (bicyclic) bond motifs is 1. The molecule has 1 aromatic carbocycles. The Balaban J connectivity index is 1.50. The van der Waals surface area contributed by atoms with Gasteiger partial charge in [-0.2, -0.15) is 0 Å². The summed E-state index contributed by atoms with van der Waals surface area (Å²) in [4.78, 5) is 31.7. The van der Waals surface area contributed by atoms with Crippen LogP contribution in [0.1, 0.15) is 23.7 Å². The predicted molar refractivity (Wildman–Crippen MR) is 108 cm³/mol. The molecule has 0 radical (unpaired) electrons. The van der Waals surface area contributed by atoms with Crippen molar-refractivity contribution in [3.8, 4) is 0 Å². The average Bonchev–Trinajstić information content (AvgIpc) is 3.34. The molecule has 28 heavy (non-hydrogen) atoms. The van der Waals surface area contributed by atoms with Crippen molar-refractivity contribution in [1.82, 2.24) is 15.2 Å². The molecule has 0 spiro atoms. The summed E-state index contributed by atoms with van der Waals surface area (Å²) in [6, 6.07) is 11.7. The molecular formula is C20H25N4O3S+. The number of nitrogens with zero attached hydrogens (tertiary/aromatic N) is 2. The molecule has 8 heteroatoms. The Kier molecular flexibility index (Phi) is 6.43. The van der Waals surface area contributed by atoms with Crippen LogP contribution in [0.5, 0.6) is 0 Å². The largest absolute Gasteiger partial charge is 0.467 e. The fourth-order valence-corrected chi connectivity index (χ4v) is 3.88. The van der Waals surface area contributed by atoms with E-state index < -0.39 is 0 Å². The van der Waals surface area contributed by atoms with Gasteiger partial charge in [-0.25, -0.2) is 4.98 Å². The minimum atomic E-state index is -0.218. The Morgan fingerprint density at radius 2 is 2.07 bits per heavy atom. The number of carbonyl (C=O) groups excluding carboxylic acids is 2. The van der Waals surface area contributed by atoms with Gasteiger partial charge in [-0.1, -0.05) is 12.1 Å². The molecule has 148 valence electrons. The molecule has 7 nitrogen and oxygen atoms in total. The summed E-state index contributed by atoms with van der Waals surface area (Å²) in [5.41, 5.74) is 0.985. The Bertz CT molecular complexity index is 905. The van der Waals surface area contributed by atoms with E-state index in [4.69, 9.17) is 4.42 Å². The molecule has 2 atom stereocenters. The molecule has 0 aliphatic rings. The van der Waals surface area contributed by atoms with Gasteiger partial charge in [0.05, 0.1) is 36.6 Å². The van der Waals surface area contributed by atoms with Crippen molar-refractivity contribution in [3.05, 3.63) is 53.4 Å². The van der Waals surface area contributed by atoms with Crippen LogP contribution in [0.2, 0.25) is 0 Å². The Hall–Kier alpha value is -2.71. The number of furan rings is 1. The normalized spacial score (nSPS) is 13.2. The molecule has 2 heterocycles. The number of nitrogens with one attached hydrogen (secondary N) is 2. The topological polar surface area (TPSA) is 79.9 Å². The van der Waals surface area contributed by atoms with Crippen molar-refractivity contribution in [2.75, 3.05) is 27.2 Å². The van der Waals surface area contributed by atoms with Crippen LogP contribution in [0.15, 0.2) is 47.1 Å². The lowest BCUT2D eigenvalue weighted by atomic mass is 10.3. The third kappa shape index (κ3) is 4.96. The molecule has 2 aromatic heterocycles. The fraction of sp³-hybridized carbons (Fsp3) is 0.350. The predicted octanol–water partition coefficient (Wildman–Crippen LogP) is 1.24. The first kappa shape index (κ1) is 20.0. The number of benzene rings is 1. The van der Waals surface area contributed by atoms with Gasteiger partial charge in [-0.05, 0) is 31.2 Å². The number of quaternary nitrogens is 1. The first-order valence-electron chi connectivity index (χ1n) is 9.15. The maximum absolute atomic E-state index is 12.5. The van der Waals surface area contributed by atoms with Crippen LogP contribution < -0.4 is 10.2 Å². The van der Waals surface area contributed by atoms with Crippen LogP contribution in [0.3, 0.4) is 0 Å². The van der Waals surface area contributed by atoms with Gasteiger partial charge < -0.3 is 19.5 Å². The van der Waals surface area contributed by atoms with E-state index in [1.54, 1.807) is 36.8 Å². The van der Waals surface area contributed by atoms with Crippen LogP contribution in [-0.4, -0.2) is 48.9 Å². The molecule has 3 aromatic rings. The highest BCUT2D eigenvalue weighted by molar-refractivity contribution is 7.18. The second-order valence-corrected chi connectivity index (χ2v) is 7.93. The van der Waals surface area contributed by atoms with E-state index in [9.17, 15) is 9.59 Å².